The highest BCUT2D eigenvalue weighted by atomic mass is 15.3. The van der Waals surface area contributed by atoms with Crippen molar-refractivity contribution >= 4 is 5.96 Å². The van der Waals surface area contributed by atoms with E-state index >= 15 is 0 Å². The highest BCUT2D eigenvalue weighted by Crippen LogP contribution is 2.57. The van der Waals surface area contributed by atoms with Crippen molar-refractivity contribution in [2.24, 2.45) is 23.5 Å². The number of hydrogen-bond donors (Lipinski definition) is 2. The van der Waals surface area contributed by atoms with Crippen LogP contribution < -0.4 is 5.73 Å². The molecular weight excluding hydrogens is 258 g/mol. The van der Waals surface area contributed by atoms with E-state index in [-0.39, 0.29) is 11.5 Å². The molecule has 4 aliphatic carbocycles. The maximum absolute atomic E-state index is 8.14. The van der Waals surface area contributed by atoms with E-state index in [4.69, 9.17) is 11.1 Å². The van der Waals surface area contributed by atoms with Gasteiger partial charge in [-0.05, 0) is 61.8 Å². The fourth-order valence-electron chi connectivity index (χ4n) is 5.67. The third-order valence-electron chi connectivity index (χ3n) is 6.05. The quantitative estimate of drug-likeness (QED) is 0.660. The molecule has 4 aliphatic rings. The van der Waals surface area contributed by atoms with Crippen molar-refractivity contribution in [2.45, 2.75) is 50.6 Å². The van der Waals surface area contributed by atoms with Crippen LogP contribution in [0, 0.1) is 23.2 Å². The molecule has 4 fully saturated rings. The molecule has 0 heterocycles. The SMILES string of the molecule is N=C(N)N(Cc1ccccc1)C12CC3CC(CC(C3)C1)C2. The molecule has 3 nitrogen and oxygen atoms in total. The van der Waals surface area contributed by atoms with Crippen LogP contribution in [0.4, 0.5) is 0 Å². The molecule has 112 valence electrons. The second-order valence-corrected chi connectivity index (χ2v) is 7.60. The van der Waals surface area contributed by atoms with Crippen molar-refractivity contribution in [3.05, 3.63) is 35.9 Å². The van der Waals surface area contributed by atoms with Crippen molar-refractivity contribution in [1.82, 2.24) is 4.90 Å². The topological polar surface area (TPSA) is 53.1 Å². The van der Waals surface area contributed by atoms with Crippen LogP contribution in [0.3, 0.4) is 0 Å². The molecule has 0 saturated heterocycles. The number of rotatable bonds is 3. The van der Waals surface area contributed by atoms with Crippen molar-refractivity contribution < 1.29 is 0 Å². The molecule has 0 amide bonds. The number of guanidine groups is 1. The summed E-state index contributed by atoms with van der Waals surface area (Å²) >= 11 is 0. The highest BCUT2D eigenvalue weighted by molar-refractivity contribution is 5.75. The first-order valence-electron chi connectivity index (χ1n) is 8.30. The van der Waals surface area contributed by atoms with Crippen molar-refractivity contribution in [1.29, 1.82) is 5.41 Å². The van der Waals surface area contributed by atoms with Gasteiger partial charge in [-0.1, -0.05) is 30.3 Å². The van der Waals surface area contributed by atoms with Crippen LogP contribution in [0.1, 0.15) is 44.1 Å². The summed E-state index contributed by atoms with van der Waals surface area (Å²) in [5, 5.41) is 8.14. The Bertz CT molecular complexity index is 501. The molecule has 0 radical (unpaired) electrons. The highest BCUT2D eigenvalue weighted by Gasteiger charge is 2.53. The Labute approximate surface area is 127 Å². The summed E-state index contributed by atoms with van der Waals surface area (Å²) in [5.74, 6) is 2.91. The Kier molecular flexibility index (Phi) is 2.98. The van der Waals surface area contributed by atoms with Gasteiger partial charge >= 0.3 is 0 Å². The number of hydrogen-bond acceptors (Lipinski definition) is 1. The van der Waals surface area contributed by atoms with Crippen LogP contribution in [0.5, 0.6) is 0 Å². The van der Waals surface area contributed by atoms with Crippen molar-refractivity contribution in [3.63, 3.8) is 0 Å². The lowest BCUT2D eigenvalue weighted by molar-refractivity contribution is -0.0655. The zero-order valence-electron chi connectivity index (χ0n) is 12.6. The molecule has 1 aromatic rings. The zero-order valence-corrected chi connectivity index (χ0v) is 12.6. The molecule has 3 N–H and O–H groups in total. The second-order valence-electron chi connectivity index (χ2n) is 7.60. The van der Waals surface area contributed by atoms with Gasteiger partial charge in [-0.25, -0.2) is 0 Å². The third kappa shape index (κ3) is 2.23. The minimum absolute atomic E-state index is 0.177. The van der Waals surface area contributed by atoms with Crippen LogP contribution >= 0.6 is 0 Å². The van der Waals surface area contributed by atoms with E-state index in [1.54, 1.807) is 0 Å². The van der Waals surface area contributed by atoms with Crippen LogP contribution in [-0.2, 0) is 6.54 Å². The Hall–Kier alpha value is -1.51. The molecule has 3 heteroatoms. The Balaban J connectivity index is 1.63. The average Bonchev–Trinajstić information content (AvgIpc) is 2.44. The van der Waals surface area contributed by atoms with Gasteiger partial charge < -0.3 is 10.6 Å². The minimum atomic E-state index is 0.177. The summed E-state index contributed by atoms with van der Waals surface area (Å²) in [6.07, 6.45) is 8.05. The third-order valence-corrected chi connectivity index (χ3v) is 6.05. The molecule has 4 saturated carbocycles. The monoisotopic (exact) mass is 283 g/mol. The largest absolute Gasteiger partial charge is 0.370 e. The summed E-state index contributed by atoms with van der Waals surface area (Å²) in [6, 6.07) is 10.5. The standard InChI is InChI=1S/C18H25N3/c19-17(20)21(12-13-4-2-1-3-5-13)18-9-14-6-15(10-18)8-16(7-14)11-18/h1-5,14-16H,6-12H2,(H3,19,20). The van der Waals surface area contributed by atoms with Gasteiger partial charge in [0.25, 0.3) is 0 Å². The van der Waals surface area contributed by atoms with Crippen LogP contribution in [0.2, 0.25) is 0 Å². The summed E-state index contributed by atoms with van der Waals surface area (Å²) in [6.45, 7) is 0.794. The van der Waals surface area contributed by atoms with E-state index in [0.29, 0.717) is 0 Å². The average molecular weight is 283 g/mol. The molecule has 0 atom stereocenters. The first kappa shape index (κ1) is 13.2. The van der Waals surface area contributed by atoms with Crippen LogP contribution in [0.25, 0.3) is 0 Å². The van der Waals surface area contributed by atoms with Crippen LogP contribution in [-0.4, -0.2) is 16.4 Å². The van der Waals surface area contributed by atoms with Gasteiger partial charge in [0.05, 0.1) is 0 Å². The maximum atomic E-state index is 8.14. The first-order valence-corrected chi connectivity index (χ1v) is 8.30. The van der Waals surface area contributed by atoms with E-state index in [1.165, 1.54) is 44.1 Å². The molecule has 0 unspecified atom stereocenters. The lowest BCUT2D eigenvalue weighted by atomic mass is 9.52. The lowest BCUT2D eigenvalue weighted by Gasteiger charge is -2.60. The van der Waals surface area contributed by atoms with Crippen LogP contribution in [0.15, 0.2) is 30.3 Å². The molecule has 0 aromatic heterocycles. The summed E-state index contributed by atoms with van der Waals surface area (Å²) < 4.78 is 0. The molecule has 21 heavy (non-hydrogen) atoms. The van der Waals surface area contributed by atoms with Gasteiger partial charge in [0.2, 0.25) is 0 Å². The van der Waals surface area contributed by atoms with E-state index < -0.39 is 0 Å². The summed E-state index contributed by atoms with van der Waals surface area (Å²) in [5.41, 5.74) is 7.46. The summed E-state index contributed by atoms with van der Waals surface area (Å²) in [4.78, 5) is 2.23. The van der Waals surface area contributed by atoms with Gasteiger partial charge in [-0.2, -0.15) is 0 Å². The number of nitrogens with two attached hydrogens (primary N) is 1. The normalized spacial score (nSPS) is 36.7. The molecule has 5 rings (SSSR count). The molecule has 4 bridgehead atoms. The molecular formula is C18H25N3. The predicted molar refractivity (Wildman–Crippen MR) is 84.8 cm³/mol. The fourth-order valence-corrected chi connectivity index (χ4v) is 5.67. The maximum Gasteiger partial charge on any atom is 0.189 e. The van der Waals surface area contributed by atoms with E-state index in [9.17, 15) is 0 Å². The molecule has 0 aliphatic heterocycles. The number of nitrogens with one attached hydrogen (secondary N) is 1. The lowest BCUT2D eigenvalue weighted by Crippen LogP contribution is -2.62. The number of nitrogens with zero attached hydrogens (tertiary/aromatic N) is 1. The predicted octanol–water partition coefficient (Wildman–Crippen LogP) is 3.35. The Morgan fingerprint density at radius 2 is 1.57 bits per heavy atom. The fraction of sp³-hybridized carbons (Fsp3) is 0.611. The van der Waals surface area contributed by atoms with Gasteiger partial charge in [0.1, 0.15) is 0 Å². The first-order chi connectivity index (χ1) is 10.1. The second kappa shape index (κ2) is 4.75. The minimum Gasteiger partial charge on any atom is -0.370 e. The van der Waals surface area contributed by atoms with Crippen molar-refractivity contribution in [2.75, 3.05) is 0 Å². The van der Waals surface area contributed by atoms with E-state index in [1.807, 2.05) is 6.07 Å². The van der Waals surface area contributed by atoms with Gasteiger partial charge in [-0.3, -0.25) is 5.41 Å². The number of benzene rings is 1. The van der Waals surface area contributed by atoms with Gasteiger partial charge in [0, 0.05) is 12.1 Å². The Morgan fingerprint density at radius 3 is 2.05 bits per heavy atom. The summed E-state index contributed by atoms with van der Waals surface area (Å²) in [7, 11) is 0. The van der Waals surface area contributed by atoms with E-state index in [2.05, 4.69) is 29.2 Å². The zero-order chi connectivity index (χ0) is 14.4. The molecule has 0 spiro atoms. The molecule has 1 aromatic carbocycles. The Morgan fingerprint density at radius 1 is 1.05 bits per heavy atom. The van der Waals surface area contributed by atoms with Gasteiger partial charge in [-0.15, -0.1) is 0 Å². The smallest absolute Gasteiger partial charge is 0.189 e. The van der Waals surface area contributed by atoms with Gasteiger partial charge in [0.15, 0.2) is 5.96 Å². The van der Waals surface area contributed by atoms with Crippen molar-refractivity contribution in [3.8, 4) is 0 Å². The van der Waals surface area contributed by atoms with E-state index in [0.717, 1.165) is 24.3 Å².